The lowest BCUT2D eigenvalue weighted by molar-refractivity contribution is 0.207. The third kappa shape index (κ3) is 3.00. The molecule has 1 aromatic rings. The van der Waals surface area contributed by atoms with Crippen molar-refractivity contribution in [2.45, 2.75) is 64.8 Å². The number of nitrogens with zero attached hydrogens (tertiary/aromatic N) is 3. The molecule has 1 saturated carbocycles. The number of nitriles is 1. The van der Waals surface area contributed by atoms with Crippen molar-refractivity contribution in [2.75, 3.05) is 0 Å². The van der Waals surface area contributed by atoms with E-state index in [1.54, 1.807) is 0 Å². The second kappa shape index (κ2) is 6.23. The van der Waals surface area contributed by atoms with Crippen LogP contribution in [-0.4, -0.2) is 9.55 Å². The van der Waals surface area contributed by atoms with E-state index in [1.807, 2.05) is 6.20 Å². The zero-order valence-corrected chi connectivity index (χ0v) is 12.3. The van der Waals surface area contributed by atoms with E-state index >= 15 is 0 Å². The highest BCUT2D eigenvalue weighted by molar-refractivity contribution is 5.05. The largest absolute Gasteiger partial charge is 0.330 e. The van der Waals surface area contributed by atoms with Gasteiger partial charge in [-0.15, -0.1) is 0 Å². The molecule has 0 radical (unpaired) electrons. The van der Waals surface area contributed by atoms with Crippen molar-refractivity contribution in [2.24, 2.45) is 11.8 Å². The summed E-state index contributed by atoms with van der Waals surface area (Å²) in [7, 11) is 0. The van der Waals surface area contributed by atoms with Crippen LogP contribution in [0.2, 0.25) is 0 Å². The monoisotopic (exact) mass is 259 g/mol. The van der Waals surface area contributed by atoms with Gasteiger partial charge in [0.05, 0.1) is 18.0 Å². The molecule has 1 aliphatic rings. The summed E-state index contributed by atoms with van der Waals surface area (Å²) in [6, 6.07) is 2.85. The maximum Gasteiger partial charge on any atom is 0.111 e. The third-order valence-electron chi connectivity index (χ3n) is 4.36. The molecule has 0 aliphatic heterocycles. The Hall–Kier alpha value is -1.30. The first-order valence-electron chi connectivity index (χ1n) is 7.59. The van der Waals surface area contributed by atoms with Crippen LogP contribution in [0.1, 0.15) is 70.7 Å². The van der Waals surface area contributed by atoms with Gasteiger partial charge in [0.25, 0.3) is 0 Å². The van der Waals surface area contributed by atoms with Crippen molar-refractivity contribution >= 4 is 0 Å². The number of rotatable bonds is 4. The summed E-state index contributed by atoms with van der Waals surface area (Å²) in [5.41, 5.74) is 0. The van der Waals surface area contributed by atoms with Crippen molar-refractivity contribution in [1.82, 2.24) is 9.55 Å². The van der Waals surface area contributed by atoms with Crippen LogP contribution in [0.4, 0.5) is 0 Å². The van der Waals surface area contributed by atoms with Crippen molar-refractivity contribution in [3.63, 3.8) is 0 Å². The molecule has 0 aromatic carbocycles. The Labute approximate surface area is 116 Å². The minimum absolute atomic E-state index is 0.153. The highest BCUT2D eigenvalue weighted by atomic mass is 15.1. The summed E-state index contributed by atoms with van der Waals surface area (Å²) in [4.78, 5) is 4.48. The first kappa shape index (κ1) is 14.1. The summed E-state index contributed by atoms with van der Waals surface area (Å²) in [6.07, 6.45) is 9.89. The first-order chi connectivity index (χ1) is 9.17. The zero-order chi connectivity index (χ0) is 13.8. The fourth-order valence-electron chi connectivity index (χ4n) is 3.41. The Kier molecular flexibility index (Phi) is 4.63. The molecule has 0 saturated heterocycles. The van der Waals surface area contributed by atoms with E-state index in [-0.39, 0.29) is 5.92 Å². The average molecular weight is 259 g/mol. The summed E-state index contributed by atoms with van der Waals surface area (Å²) in [5, 5.41) is 9.42. The minimum Gasteiger partial charge on any atom is -0.330 e. The van der Waals surface area contributed by atoms with Gasteiger partial charge < -0.3 is 4.57 Å². The minimum atomic E-state index is 0.153. The van der Waals surface area contributed by atoms with Crippen LogP contribution >= 0.6 is 0 Å². The Morgan fingerprint density at radius 3 is 2.89 bits per heavy atom. The molecule has 0 spiro atoms. The van der Waals surface area contributed by atoms with Gasteiger partial charge in [-0.1, -0.05) is 33.6 Å². The molecule has 104 valence electrons. The van der Waals surface area contributed by atoms with Gasteiger partial charge in [0.2, 0.25) is 0 Å². The highest BCUT2D eigenvalue weighted by Gasteiger charge is 2.32. The van der Waals surface area contributed by atoms with Crippen LogP contribution in [0.25, 0.3) is 0 Å². The zero-order valence-electron chi connectivity index (χ0n) is 12.3. The second-order valence-corrected chi connectivity index (χ2v) is 6.12. The molecule has 1 aromatic heterocycles. The fraction of sp³-hybridized carbons (Fsp3) is 0.750. The summed E-state index contributed by atoms with van der Waals surface area (Å²) in [5.74, 6) is 2.48. The first-order valence-corrected chi connectivity index (χ1v) is 7.59. The van der Waals surface area contributed by atoms with Crippen molar-refractivity contribution in [1.29, 1.82) is 5.26 Å². The Balaban J connectivity index is 2.23. The van der Waals surface area contributed by atoms with E-state index < -0.39 is 0 Å². The lowest BCUT2D eigenvalue weighted by Crippen LogP contribution is -2.28. The van der Waals surface area contributed by atoms with E-state index in [2.05, 4.69) is 42.6 Å². The van der Waals surface area contributed by atoms with Crippen molar-refractivity contribution in [3.8, 4) is 6.07 Å². The molecule has 1 heterocycles. The smallest absolute Gasteiger partial charge is 0.111 e. The molecule has 3 atom stereocenters. The Morgan fingerprint density at radius 2 is 2.26 bits per heavy atom. The van der Waals surface area contributed by atoms with Crippen LogP contribution in [0.15, 0.2) is 12.4 Å². The molecule has 1 fully saturated rings. The SMILES string of the molecule is CCCC1CCC(C#N)C(n2ccnc2C(C)C)C1. The van der Waals surface area contributed by atoms with Crippen LogP contribution < -0.4 is 0 Å². The van der Waals surface area contributed by atoms with E-state index in [9.17, 15) is 5.26 Å². The number of imidazole rings is 1. The standard InChI is InChI=1S/C16H25N3/c1-4-5-13-6-7-14(11-17)15(10-13)19-9-8-18-16(19)12(2)3/h8-9,12-15H,4-7,10H2,1-3H3. The molecule has 0 N–H and O–H groups in total. The molecule has 3 unspecified atom stereocenters. The van der Waals surface area contributed by atoms with Crippen LogP contribution in [0.3, 0.4) is 0 Å². The highest BCUT2D eigenvalue weighted by Crippen LogP contribution is 2.40. The van der Waals surface area contributed by atoms with E-state index in [0.717, 1.165) is 24.6 Å². The molecule has 0 amide bonds. The normalized spacial score (nSPS) is 27.4. The summed E-state index contributed by atoms with van der Waals surface area (Å²) >= 11 is 0. The fourth-order valence-corrected chi connectivity index (χ4v) is 3.41. The van der Waals surface area contributed by atoms with Gasteiger partial charge in [0.15, 0.2) is 0 Å². The molecule has 3 nitrogen and oxygen atoms in total. The topological polar surface area (TPSA) is 41.6 Å². The molecular formula is C16H25N3. The van der Waals surface area contributed by atoms with Gasteiger partial charge in [-0.2, -0.15) is 5.26 Å². The number of aromatic nitrogens is 2. The Morgan fingerprint density at radius 1 is 1.47 bits per heavy atom. The molecule has 3 heteroatoms. The van der Waals surface area contributed by atoms with Gasteiger partial charge in [0.1, 0.15) is 5.82 Å². The van der Waals surface area contributed by atoms with Crippen LogP contribution in [-0.2, 0) is 0 Å². The second-order valence-electron chi connectivity index (χ2n) is 6.12. The molecule has 0 bridgehead atoms. The maximum absolute atomic E-state index is 9.42. The lowest BCUT2D eigenvalue weighted by Gasteiger charge is -2.34. The number of hydrogen-bond donors (Lipinski definition) is 0. The van der Waals surface area contributed by atoms with Crippen LogP contribution in [0.5, 0.6) is 0 Å². The Bertz CT molecular complexity index is 441. The van der Waals surface area contributed by atoms with E-state index in [1.165, 1.54) is 19.3 Å². The van der Waals surface area contributed by atoms with Gasteiger partial charge in [-0.3, -0.25) is 0 Å². The summed E-state index contributed by atoms with van der Waals surface area (Å²) < 4.78 is 2.28. The average Bonchev–Trinajstić information content (AvgIpc) is 2.88. The molecule has 19 heavy (non-hydrogen) atoms. The van der Waals surface area contributed by atoms with Crippen molar-refractivity contribution in [3.05, 3.63) is 18.2 Å². The molecule has 1 aliphatic carbocycles. The van der Waals surface area contributed by atoms with E-state index in [4.69, 9.17) is 0 Å². The quantitative estimate of drug-likeness (QED) is 0.809. The van der Waals surface area contributed by atoms with Gasteiger partial charge in [-0.05, 0) is 25.2 Å². The van der Waals surface area contributed by atoms with E-state index in [0.29, 0.717) is 12.0 Å². The molecular weight excluding hydrogens is 234 g/mol. The lowest BCUT2D eigenvalue weighted by atomic mass is 9.77. The van der Waals surface area contributed by atoms with Crippen LogP contribution in [0, 0.1) is 23.2 Å². The number of hydrogen-bond acceptors (Lipinski definition) is 2. The van der Waals surface area contributed by atoms with Gasteiger partial charge >= 0.3 is 0 Å². The molecule has 2 rings (SSSR count). The summed E-state index contributed by atoms with van der Waals surface area (Å²) in [6.45, 7) is 6.60. The van der Waals surface area contributed by atoms with Gasteiger partial charge in [0, 0.05) is 18.3 Å². The predicted octanol–water partition coefficient (Wildman–Crippen LogP) is 4.29. The third-order valence-corrected chi connectivity index (χ3v) is 4.36. The predicted molar refractivity (Wildman–Crippen MR) is 76.7 cm³/mol. The van der Waals surface area contributed by atoms with Gasteiger partial charge in [-0.25, -0.2) is 4.98 Å². The maximum atomic E-state index is 9.42. The van der Waals surface area contributed by atoms with Crippen molar-refractivity contribution < 1.29 is 0 Å².